The zero-order valence-electron chi connectivity index (χ0n) is 13.3. The van der Waals surface area contributed by atoms with Crippen LogP contribution in [0, 0.1) is 0 Å². The number of hydrogen-bond donors (Lipinski definition) is 1. The Balaban J connectivity index is 1.50. The molecule has 2 heterocycles. The van der Waals surface area contributed by atoms with Crippen LogP contribution in [0.5, 0.6) is 5.75 Å². The second kappa shape index (κ2) is 7.36. The standard InChI is InChI=1S/C18H18ClN3O2/c1-24-16-6-2-13(3-7-16)4-9-18(23)20-10-15-12-22-11-14(19)5-8-17(22)21-15/h2-3,5-8,11-12H,4,9-10H2,1H3,(H,20,23). The normalized spacial score (nSPS) is 10.8. The number of pyridine rings is 1. The van der Waals surface area contributed by atoms with Crippen LogP contribution in [0.3, 0.4) is 0 Å². The fraction of sp³-hybridized carbons (Fsp3) is 0.222. The van der Waals surface area contributed by atoms with Crippen LogP contribution in [0.1, 0.15) is 17.7 Å². The number of imidazole rings is 1. The average Bonchev–Trinajstić information content (AvgIpc) is 3.00. The van der Waals surface area contributed by atoms with Gasteiger partial charge in [0.25, 0.3) is 0 Å². The summed E-state index contributed by atoms with van der Waals surface area (Å²) in [4.78, 5) is 16.4. The highest BCUT2D eigenvalue weighted by Gasteiger charge is 2.06. The first-order chi connectivity index (χ1) is 11.6. The lowest BCUT2D eigenvalue weighted by Crippen LogP contribution is -2.23. The topological polar surface area (TPSA) is 55.6 Å². The molecule has 0 aliphatic heterocycles. The quantitative estimate of drug-likeness (QED) is 0.747. The number of amides is 1. The summed E-state index contributed by atoms with van der Waals surface area (Å²) < 4.78 is 6.97. The minimum absolute atomic E-state index is 0.000839. The van der Waals surface area contributed by atoms with E-state index in [1.165, 1.54) is 0 Å². The predicted octanol–water partition coefficient (Wildman–Crippen LogP) is 3.25. The third-order valence-corrected chi connectivity index (χ3v) is 3.95. The third kappa shape index (κ3) is 4.06. The summed E-state index contributed by atoms with van der Waals surface area (Å²) in [5.41, 5.74) is 2.71. The Labute approximate surface area is 145 Å². The number of nitrogens with one attached hydrogen (secondary N) is 1. The molecule has 0 fully saturated rings. The zero-order valence-corrected chi connectivity index (χ0v) is 14.1. The van der Waals surface area contributed by atoms with E-state index in [9.17, 15) is 4.79 Å². The highest BCUT2D eigenvalue weighted by atomic mass is 35.5. The highest BCUT2D eigenvalue weighted by molar-refractivity contribution is 6.30. The number of rotatable bonds is 6. The Morgan fingerprint density at radius 3 is 2.75 bits per heavy atom. The van der Waals surface area contributed by atoms with Crippen LogP contribution in [0.2, 0.25) is 5.02 Å². The molecule has 3 aromatic rings. The van der Waals surface area contributed by atoms with Gasteiger partial charge in [0.2, 0.25) is 5.91 Å². The van der Waals surface area contributed by atoms with Crippen molar-refractivity contribution in [1.29, 1.82) is 0 Å². The summed E-state index contributed by atoms with van der Waals surface area (Å²) in [6.07, 6.45) is 4.78. The van der Waals surface area contributed by atoms with Crippen molar-refractivity contribution >= 4 is 23.2 Å². The summed E-state index contributed by atoms with van der Waals surface area (Å²) in [5, 5.41) is 3.54. The van der Waals surface area contributed by atoms with Crippen LogP contribution < -0.4 is 10.1 Å². The molecule has 24 heavy (non-hydrogen) atoms. The van der Waals surface area contributed by atoms with Gasteiger partial charge in [-0.1, -0.05) is 23.7 Å². The molecule has 1 aromatic carbocycles. The van der Waals surface area contributed by atoms with E-state index in [2.05, 4.69) is 10.3 Å². The number of methoxy groups -OCH3 is 1. The number of nitrogens with zero attached hydrogens (tertiary/aromatic N) is 2. The molecule has 0 unspecified atom stereocenters. The first-order valence-electron chi connectivity index (χ1n) is 7.67. The van der Waals surface area contributed by atoms with Gasteiger partial charge >= 0.3 is 0 Å². The predicted molar refractivity (Wildman–Crippen MR) is 93.4 cm³/mol. The first kappa shape index (κ1) is 16.3. The SMILES string of the molecule is COc1ccc(CCC(=O)NCc2cn3cc(Cl)ccc3n2)cc1. The molecule has 3 rings (SSSR count). The van der Waals surface area contributed by atoms with Crippen molar-refractivity contribution in [2.75, 3.05) is 7.11 Å². The lowest BCUT2D eigenvalue weighted by molar-refractivity contribution is -0.121. The number of hydrogen-bond acceptors (Lipinski definition) is 3. The fourth-order valence-corrected chi connectivity index (χ4v) is 2.60. The number of aromatic nitrogens is 2. The van der Waals surface area contributed by atoms with E-state index in [1.54, 1.807) is 19.4 Å². The lowest BCUT2D eigenvalue weighted by Gasteiger charge is -2.05. The maximum absolute atomic E-state index is 12.0. The van der Waals surface area contributed by atoms with Crippen molar-refractivity contribution in [3.8, 4) is 5.75 Å². The summed E-state index contributed by atoms with van der Waals surface area (Å²) in [6, 6.07) is 11.4. The molecule has 0 spiro atoms. The number of fused-ring (bicyclic) bond motifs is 1. The zero-order chi connectivity index (χ0) is 16.9. The fourth-order valence-electron chi connectivity index (χ4n) is 2.43. The summed E-state index contributed by atoms with van der Waals surface area (Å²) in [5.74, 6) is 0.816. The number of carbonyl (C=O) groups is 1. The van der Waals surface area contributed by atoms with Gasteiger partial charge in [-0.2, -0.15) is 0 Å². The summed E-state index contributed by atoms with van der Waals surface area (Å²) >= 11 is 5.95. The van der Waals surface area contributed by atoms with Gasteiger partial charge in [0, 0.05) is 18.8 Å². The molecule has 0 saturated carbocycles. The van der Waals surface area contributed by atoms with E-state index >= 15 is 0 Å². The molecule has 2 aromatic heterocycles. The van der Waals surface area contributed by atoms with Gasteiger partial charge in [0.05, 0.1) is 24.4 Å². The van der Waals surface area contributed by atoms with Crippen molar-refractivity contribution in [2.24, 2.45) is 0 Å². The minimum Gasteiger partial charge on any atom is -0.497 e. The molecular weight excluding hydrogens is 326 g/mol. The first-order valence-corrected chi connectivity index (χ1v) is 8.04. The maximum Gasteiger partial charge on any atom is 0.220 e. The molecular formula is C18H18ClN3O2. The largest absolute Gasteiger partial charge is 0.497 e. The Morgan fingerprint density at radius 2 is 2.00 bits per heavy atom. The summed E-state index contributed by atoms with van der Waals surface area (Å²) in [6.45, 7) is 0.404. The molecule has 124 valence electrons. The van der Waals surface area contributed by atoms with Gasteiger partial charge in [-0.15, -0.1) is 0 Å². The Kier molecular flexibility index (Phi) is 5.01. The Hall–Kier alpha value is -2.53. The van der Waals surface area contributed by atoms with Gasteiger partial charge in [-0.25, -0.2) is 4.98 Å². The van der Waals surface area contributed by atoms with Crippen LogP contribution in [0.25, 0.3) is 5.65 Å². The molecule has 6 heteroatoms. The van der Waals surface area contributed by atoms with E-state index in [1.807, 2.05) is 40.9 Å². The lowest BCUT2D eigenvalue weighted by atomic mass is 10.1. The monoisotopic (exact) mass is 343 g/mol. The Bertz CT molecular complexity index is 843. The van der Waals surface area contributed by atoms with Crippen molar-refractivity contribution in [2.45, 2.75) is 19.4 Å². The molecule has 0 aliphatic carbocycles. The van der Waals surface area contributed by atoms with E-state index in [-0.39, 0.29) is 5.91 Å². The molecule has 0 aliphatic rings. The minimum atomic E-state index is 0.000839. The van der Waals surface area contributed by atoms with Crippen molar-refractivity contribution in [3.63, 3.8) is 0 Å². The van der Waals surface area contributed by atoms with Crippen LogP contribution in [-0.4, -0.2) is 22.4 Å². The molecule has 0 bridgehead atoms. The molecule has 1 N–H and O–H groups in total. The molecule has 0 saturated heterocycles. The number of carbonyl (C=O) groups excluding carboxylic acids is 1. The van der Waals surface area contributed by atoms with Crippen LogP contribution in [0.4, 0.5) is 0 Å². The molecule has 0 radical (unpaired) electrons. The van der Waals surface area contributed by atoms with E-state index < -0.39 is 0 Å². The second-order valence-corrected chi connectivity index (χ2v) is 5.91. The summed E-state index contributed by atoms with van der Waals surface area (Å²) in [7, 11) is 1.63. The van der Waals surface area contributed by atoms with Gasteiger partial charge in [-0.05, 0) is 36.2 Å². The smallest absolute Gasteiger partial charge is 0.220 e. The Morgan fingerprint density at radius 1 is 1.21 bits per heavy atom. The molecule has 1 amide bonds. The molecule has 5 nitrogen and oxygen atoms in total. The third-order valence-electron chi connectivity index (χ3n) is 3.73. The van der Waals surface area contributed by atoms with Crippen LogP contribution in [-0.2, 0) is 17.8 Å². The van der Waals surface area contributed by atoms with Crippen molar-refractivity contribution in [3.05, 3.63) is 65.1 Å². The van der Waals surface area contributed by atoms with E-state index in [0.29, 0.717) is 24.4 Å². The van der Waals surface area contributed by atoms with Gasteiger partial charge < -0.3 is 14.5 Å². The van der Waals surface area contributed by atoms with Gasteiger partial charge in [-0.3, -0.25) is 4.79 Å². The van der Waals surface area contributed by atoms with Crippen LogP contribution >= 0.6 is 11.6 Å². The number of halogens is 1. The van der Waals surface area contributed by atoms with Crippen molar-refractivity contribution < 1.29 is 9.53 Å². The average molecular weight is 344 g/mol. The van der Waals surface area contributed by atoms with Gasteiger partial charge in [0.1, 0.15) is 11.4 Å². The van der Waals surface area contributed by atoms with Crippen LogP contribution in [0.15, 0.2) is 48.8 Å². The van der Waals surface area contributed by atoms with E-state index in [0.717, 1.165) is 22.7 Å². The highest BCUT2D eigenvalue weighted by Crippen LogP contribution is 2.13. The maximum atomic E-state index is 12.0. The van der Waals surface area contributed by atoms with Crippen molar-refractivity contribution in [1.82, 2.24) is 14.7 Å². The van der Waals surface area contributed by atoms with E-state index in [4.69, 9.17) is 16.3 Å². The second-order valence-electron chi connectivity index (χ2n) is 5.47. The number of ether oxygens (including phenoxy) is 1. The van der Waals surface area contributed by atoms with Gasteiger partial charge in [0.15, 0.2) is 0 Å². The number of benzene rings is 1. The number of aryl methyl sites for hydroxylation is 1. The molecule has 0 atom stereocenters.